The molecular weight excluding hydrogens is 313 g/mol. The summed E-state index contributed by atoms with van der Waals surface area (Å²) in [5.41, 5.74) is 0.841. The maximum absolute atomic E-state index is 12.2. The van der Waals surface area contributed by atoms with Crippen LogP contribution < -0.4 is 0 Å². The van der Waals surface area contributed by atoms with Gasteiger partial charge in [-0.15, -0.1) is 0 Å². The van der Waals surface area contributed by atoms with Gasteiger partial charge >= 0.3 is 5.97 Å². The number of carboxylic acids is 1. The minimum atomic E-state index is -1.02. The van der Waals surface area contributed by atoms with Crippen molar-refractivity contribution in [3.05, 3.63) is 33.8 Å². The predicted molar refractivity (Wildman–Crippen MR) is 83.8 cm³/mol. The molecule has 0 aliphatic rings. The number of aliphatic carboxylic acids is 1. The second kappa shape index (κ2) is 8.25. The van der Waals surface area contributed by atoms with Crippen molar-refractivity contribution in [3.63, 3.8) is 0 Å². The van der Waals surface area contributed by atoms with E-state index in [1.165, 1.54) is 4.90 Å². The van der Waals surface area contributed by atoms with Gasteiger partial charge in [0, 0.05) is 22.5 Å². The Morgan fingerprint density at radius 1 is 1.33 bits per heavy atom. The molecule has 1 aromatic rings. The van der Waals surface area contributed by atoms with Gasteiger partial charge in [0.25, 0.3) is 0 Å². The van der Waals surface area contributed by atoms with Crippen molar-refractivity contribution >= 4 is 35.1 Å². The number of benzene rings is 1. The fourth-order valence-electron chi connectivity index (χ4n) is 1.90. The first kappa shape index (κ1) is 17.8. The molecule has 0 aliphatic carbocycles. The van der Waals surface area contributed by atoms with Crippen LogP contribution in [-0.2, 0) is 16.0 Å². The molecular formula is C15H19Cl2NO3. The second-order valence-electron chi connectivity index (χ2n) is 4.95. The van der Waals surface area contributed by atoms with Crippen LogP contribution in [0.1, 0.15) is 25.8 Å². The fourth-order valence-corrected chi connectivity index (χ4v) is 2.40. The van der Waals surface area contributed by atoms with Crippen LogP contribution in [0.5, 0.6) is 0 Å². The van der Waals surface area contributed by atoms with Crippen LogP contribution in [0, 0.1) is 5.92 Å². The summed E-state index contributed by atoms with van der Waals surface area (Å²) in [4.78, 5) is 24.5. The van der Waals surface area contributed by atoms with Gasteiger partial charge in [-0.2, -0.15) is 0 Å². The molecule has 21 heavy (non-hydrogen) atoms. The largest absolute Gasteiger partial charge is 0.480 e. The molecule has 0 aliphatic heterocycles. The average Bonchev–Trinajstić information content (AvgIpc) is 2.42. The standard InChI is InChI=1S/C15H19Cl2NO3/c1-3-10(2)15(21)18(9-14(19)20)7-6-11-4-5-12(16)8-13(11)17/h4-5,8,10H,3,6-7,9H2,1-2H3,(H,19,20)/t10-/m0/s1. The molecule has 0 radical (unpaired) electrons. The third kappa shape index (κ3) is 5.56. The van der Waals surface area contributed by atoms with E-state index < -0.39 is 5.97 Å². The smallest absolute Gasteiger partial charge is 0.323 e. The van der Waals surface area contributed by atoms with Gasteiger partial charge in [-0.05, 0) is 30.5 Å². The average molecular weight is 332 g/mol. The summed E-state index contributed by atoms with van der Waals surface area (Å²) in [5, 5.41) is 10.0. The summed E-state index contributed by atoms with van der Waals surface area (Å²) in [6, 6.07) is 5.15. The van der Waals surface area contributed by atoms with Crippen molar-refractivity contribution in [1.29, 1.82) is 0 Å². The molecule has 0 saturated carbocycles. The Labute approximate surface area is 134 Å². The van der Waals surface area contributed by atoms with E-state index in [0.717, 1.165) is 5.56 Å². The maximum Gasteiger partial charge on any atom is 0.323 e. The van der Waals surface area contributed by atoms with E-state index in [0.29, 0.717) is 29.4 Å². The van der Waals surface area contributed by atoms with E-state index in [2.05, 4.69) is 0 Å². The molecule has 4 nitrogen and oxygen atoms in total. The van der Waals surface area contributed by atoms with E-state index in [-0.39, 0.29) is 18.4 Å². The molecule has 0 saturated heterocycles. The van der Waals surface area contributed by atoms with Crippen molar-refractivity contribution in [2.24, 2.45) is 5.92 Å². The number of hydrogen-bond acceptors (Lipinski definition) is 2. The lowest BCUT2D eigenvalue weighted by atomic mass is 10.1. The van der Waals surface area contributed by atoms with Gasteiger partial charge in [-0.3, -0.25) is 9.59 Å². The zero-order chi connectivity index (χ0) is 16.0. The van der Waals surface area contributed by atoms with Gasteiger partial charge in [0.1, 0.15) is 6.54 Å². The third-order valence-corrected chi connectivity index (χ3v) is 3.92. The highest BCUT2D eigenvalue weighted by Gasteiger charge is 2.21. The Morgan fingerprint density at radius 3 is 2.52 bits per heavy atom. The third-order valence-electron chi connectivity index (χ3n) is 3.34. The first-order valence-electron chi connectivity index (χ1n) is 6.79. The molecule has 1 N–H and O–H groups in total. The molecule has 6 heteroatoms. The zero-order valence-corrected chi connectivity index (χ0v) is 13.6. The molecule has 0 bridgehead atoms. The monoisotopic (exact) mass is 331 g/mol. The molecule has 0 unspecified atom stereocenters. The van der Waals surface area contributed by atoms with Crippen LogP contribution in [0.4, 0.5) is 0 Å². The summed E-state index contributed by atoms with van der Waals surface area (Å²) < 4.78 is 0. The maximum atomic E-state index is 12.2. The number of carbonyl (C=O) groups is 2. The molecule has 116 valence electrons. The van der Waals surface area contributed by atoms with Gasteiger partial charge in [0.05, 0.1) is 0 Å². The number of amides is 1. The number of nitrogens with zero attached hydrogens (tertiary/aromatic N) is 1. The summed E-state index contributed by atoms with van der Waals surface area (Å²) in [6.07, 6.45) is 1.17. The van der Waals surface area contributed by atoms with Gasteiger partial charge in [0.15, 0.2) is 0 Å². The van der Waals surface area contributed by atoms with Crippen LogP contribution in [-0.4, -0.2) is 35.0 Å². The van der Waals surface area contributed by atoms with E-state index >= 15 is 0 Å². The minimum absolute atomic E-state index is 0.148. The highest BCUT2D eigenvalue weighted by molar-refractivity contribution is 6.35. The Balaban J connectivity index is 2.77. The Hall–Kier alpha value is -1.26. The number of carbonyl (C=O) groups excluding carboxylic acids is 1. The highest BCUT2D eigenvalue weighted by atomic mass is 35.5. The summed E-state index contributed by atoms with van der Waals surface area (Å²) in [5.74, 6) is -1.36. The quantitative estimate of drug-likeness (QED) is 0.831. The second-order valence-corrected chi connectivity index (χ2v) is 5.79. The molecule has 1 amide bonds. The van der Waals surface area contributed by atoms with Crippen molar-refractivity contribution in [1.82, 2.24) is 4.90 Å². The molecule has 1 aromatic carbocycles. The molecule has 1 rings (SSSR count). The van der Waals surface area contributed by atoms with E-state index in [1.807, 2.05) is 6.92 Å². The van der Waals surface area contributed by atoms with E-state index in [9.17, 15) is 9.59 Å². The van der Waals surface area contributed by atoms with Crippen LogP contribution in [0.25, 0.3) is 0 Å². The Morgan fingerprint density at radius 2 is 2.00 bits per heavy atom. The highest BCUT2D eigenvalue weighted by Crippen LogP contribution is 2.21. The van der Waals surface area contributed by atoms with Crippen LogP contribution >= 0.6 is 23.2 Å². The minimum Gasteiger partial charge on any atom is -0.480 e. The SMILES string of the molecule is CC[C@H](C)C(=O)N(CCc1ccc(Cl)cc1Cl)CC(=O)O. The van der Waals surface area contributed by atoms with Gasteiger partial charge in [0.2, 0.25) is 5.91 Å². The normalized spacial score (nSPS) is 12.0. The van der Waals surface area contributed by atoms with Crippen molar-refractivity contribution in [2.45, 2.75) is 26.7 Å². The molecule has 0 fully saturated rings. The Kier molecular flexibility index (Phi) is 6.99. The number of carboxylic acid groups (broad SMARTS) is 1. The summed E-state index contributed by atoms with van der Waals surface area (Å²) in [6.45, 7) is 3.72. The van der Waals surface area contributed by atoms with E-state index in [4.69, 9.17) is 28.3 Å². The van der Waals surface area contributed by atoms with Gasteiger partial charge < -0.3 is 10.0 Å². The number of halogens is 2. The predicted octanol–water partition coefficient (Wildman–Crippen LogP) is 3.50. The topological polar surface area (TPSA) is 57.6 Å². The zero-order valence-electron chi connectivity index (χ0n) is 12.1. The van der Waals surface area contributed by atoms with Crippen LogP contribution in [0.2, 0.25) is 10.0 Å². The van der Waals surface area contributed by atoms with Crippen molar-refractivity contribution < 1.29 is 14.7 Å². The lowest BCUT2D eigenvalue weighted by molar-refractivity contribution is -0.146. The first-order valence-corrected chi connectivity index (χ1v) is 7.55. The molecule has 0 spiro atoms. The number of hydrogen-bond donors (Lipinski definition) is 1. The summed E-state index contributed by atoms with van der Waals surface area (Å²) >= 11 is 11.9. The van der Waals surface area contributed by atoms with Crippen LogP contribution in [0.3, 0.4) is 0 Å². The van der Waals surface area contributed by atoms with E-state index in [1.54, 1.807) is 25.1 Å². The van der Waals surface area contributed by atoms with Crippen molar-refractivity contribution in [2.75, 3.05) is 13.1 Å². The van der Waals surface area contributed by atoms with Gasteiger partial charge in [-0.1, -0.05) is 43.1 Å². The molecule has 1 atom stereocenters. The number of rotatable bonds is 7. The summed E-state index contributed by atoms with van der Waals surface area (Å²) in [7, 11) is 0. The first-order chi connectivity index (χ1) is 9.85. The lowest BCUT2D eigenvalue weighted by Crippen LogP contribution is -2.40. The molecule has 0 heterocycles. The van der Waals surface area contributed by atoms with Crippen LogP contribution in [0.15, 0.2) is 18.2 Å². The van der Waals surface area contributed by atoms with Crippen molar-refractivity contribution in [3.8, 4) is 0 Å². The van der Waals surface area contributed by atoms with Gasteiger partial charge in [-0.25, -0.2) is 0 Å². The lowest BCUT2D eigenvalue weighted by Gasteiger charge is -2.24. The Bertz CT molecular complexity index is 520. The fraction of sp³-hybridized carbons (Fsp3) is 0.467. The molecule has 0 aromatic heterocycles.